The fourth-order valence-electron chi connectivity index (χ4n) is 3.29. The summed E-state index contributed by atoms with van der Waals surface area (Å²) in [4.78, 5) is 28.0. The summed E-state index contributed by atoms with van der Waals surface area (Å²) in [6, 6.07) is 0. The molecule has 1 aliphatic rings. The highest BCUT2D eigenvalue weighted by Crippen LogP contribution is 2.16. The first kappa shape index (κ1) is 19.9. The molecule has 1 aliphatic heterocycles. The summed E-state index contributed by atoms with van der Waals surface area (Å²) < 4.78 is 0. The zero-order chi connectivity index (χ0) is 17.2. The standard InChI is InChI=1S/C18H35N3O2/c1-5-7-16(6-2)18(23)21(4)13-12-20(3)14-15-8-9-17(22)19-11-10-15/h15-16H,5-14H2,1-4H3,(H,19,22). The smallest absolute Gasteiger partial charge is 0.225 e. The Labute approximate surface area is 141 Å². The summed E-state index contributed by atoms with van der Waals surface area (Å²) in [6.45, 7) is 7.70. The lowest BCUT2D eigenvalue weighted by Crippen LogP contribution is -2.39. The molecule has 5 nitrogen and oxygen atoms in total. The van der Waals surface area contributed by atoms with Gasteiger partial charge in [-0.25, -0.2) is 0 Å². The van der Waals surface area contributed by atoms with Crippen LogP contribution in [0.15, 0.2) is 0 Å². The first-order valence-electron chi connectivity index (χ1n) is 9.18. The maximum Gasteiger partial charge on any atom is 0.225 e. The van der Waals surface area contributed by atoms with Gasteiger partial charge in [-0.15, -0.1) is 0 Å². The summed E-state index contributed by atoms with van der Waals surface area (Å²) >= 11 is 0. The zero-order valence-electron chi connectivity index (χ0n) is 15.4. The zero-order valence-corrected chi connectivity index (χ0v) is 15.4. The molecule has 0 aromatic heterocycles. The lowest BCUT2D eigenvalue weighted by molar-refractivity contribution is -0.134. The Morgan fingerprint density at radius 3 is 2.65 bits per heavy atom. The fraction of sp³-hybridized carbons (Fsp3) is 0.889. The molecule has 1 heterocycles. The van der Waals surface area contributed by atoms with Crippen molar-refractivity contribution in [3.8, 4) is 0 Å². The van der Waals surface area contributed by atoms with Crippen LogP contribution in [-0.4, -0.2) is 61.9 Å². The van der Waals surface area contributed by atoms with E-state index >= 15 is 0 Å². The lowest BCUT2D eigenvalue weighted by Gasteiger charge is -2.27. The Kier molecular flexibility index (Phi) is 9.22. The van der Waals surface area contributed by atoms with Crippen molar-refractivity contribution in [2.45, 2.75) is 52.4 Å². The van der Waals surface area contributed by atoms with E-state index in [0.29, 0.717) is 12.3 Å². The molecular weight excluding hydrogens is 290 g/mol. The molecule has 0 aromatic rings. The van der Waals surface area contributed by atoms with Crippen LogP contribution in [0, 0.1) is 11.8 Å². The third-order valence-electron chi connectivity index (χ3n) is 4.90. The molecule has 1 rings (SSSR count). The molecule has 1 N–H and O–H groups in total. The van der Waals surface area contributed by atoms with Crippen LogP contribution in [-0.2, 0) is 9.59 Å². The van der Waals surface area contributed by atoms with Crippen LogP contribution >= 0.6 is 0 Å². The van der Waals surface area contributed by atoms with Crippen molar-refractivity contribution in [3.63, 3.8) is 0 Å². The maximum absolute atomic E-state index is 12.4. The van der Waals surface area contributed by atoms with Crippen LogP contribution in [0.5, 0.6) is 0 Å². The molecule has 0 aromatic carbocycles. The van der Waals surface area contributed by atoms with E-state index < -0.39 is 0 Å². The monoisotopic (exact) mass is 325 g/mol. The number of nitrogens with one attached hydrogen (secondary N) is 1. The van der Waals surface area contributed by atoms with Crippen molar-refractivity contribution >= 4 is 11.8 Å². The Hall–Kier alpha value is -1.10. The molecule has 0 saturated carbocycles. The van der Waals surface area contributed by atoms with Crippen LogP contribution in [0.1, 0.15) is 52.4 Å². The van der Waals surface area contributed by atoms with Gasteiger partial charge in [0.2, 0.25) is 11.8 Å². The highest BCUT2D eigenvalue weighted by molar-refractivity contribution is 5.78. The SMILES string of the molecule is CCCC(CC)C(=O)N(C)CCN(C)CC1CCNC(=O)CC1. The third-order valence-corrected chi connectivity index (χ3v) is 4.90. The molecule has 0 bridgehead atoms. The van der Waals surface area contributed by atoms with Gasteiger partial charge in [-0.2, -0.15) is 0 Å². The molecule has 1 saturated heterocycles. The Morgan fingerprint density at radius 1 is 1.26 bits per heavy atom. The topological polar surface area (TPSA) is 52.7 Å². The summed E-state index contributed by atoms with van der Waals surface area (Å²) in [6.07, 6.45) is 5.64. The van der Waals surface area contributed by atoms with Gasteiger partial charge in [0.1, 0.15) is 0 Å². The summed E-state index contributed by atoms with van der Waals surface area (Å²) in [5.41, 5.74) is 0. The first-order valence-corrected chi connectivity index (χ1v) is 9.18. The van der Waals surface area contributed by atoms with Crippen LogP contribution in [0.25, 0.3) is 0 Å². The van der Waals surface area contributed by atoms with Gasteiger partial charge in [0.15, 0.2) is 0 Å². The van der Waals surface area contributed by atoms with E-state index in [1.165, 1.54) is 0 Å². The van der Waals surface area contributed by atoms with Crippen molar-refractivity contribution in [1.29, 1.82) is 0 Å². The lowest BCUT2D eigenvalue weighted by atomic mass is 9.99. The second kappa shape index (κ2) is 10.6. The number of likely N-dealkylation sites (N-methyl/N-ethyl adjacent to an activating group) is 2. The quantitative estimate of drug-likeness (QED) is 0.706. The summed E-state index contributed by atoms with van der Waals surface area (Å²) in [7, 11) is 4.03. The maximum atomic E-state index is 12.4. The number of carbonyl (C=O) groups is 2. The van der Waals surface area contributed by atoms with Crippen molar-refractivity contribution in [2.24, 2.45) is 11.8 Å². The number of carbonyl (C=O) groups excluding carboxylic acids is 2. The van der Waals surface area contributed by atoms with Gasteiger partial charge < -0.3 is 15.1 Å². The Bertz CT molecular complexity index is 373. The van der Waals surface area contributed by atoms with E-state index in [0.717, 1.165) is 58.3 Å². The Balaban J connectivity index is 2.32. The van der Waals surface area contributed by atoms with E-state index in [2.05, 4.69) is 31.1 Å². The predicted molar refractivity (Wildman–Crippen MR) is 94.2 cm³/mol. The molecule has 2 unspecified atom stereocenters. The van der Waals surface area contributed by atoms with Crippen molar-refractivity contribution in [1.82, 2.24) is 15.1 Å². The molecule has 2 amide bonds. The van der Waals surface area contributed by atoms with Gasteiger partial charge in [0.05, 0.1) is 0 Å². The van der Waals surface area contributed by atoms with Crippen molar-refractivity contribution in [3.05, 3.63) is 0 Å². The number of nitrogens with zero attached hydrogens (tertiary/aromatic N) is 2. The van der Waals surface area contributed by atoms with E-state index in [1.807, 2.05) is 11.9 Å². The van der Waals surface area contributed by atoms with Crippen molar-refractivity contribution in [2.75, 3.05) is 40.3 Å². The van der Waals surface area contributed by atoms with Gasteiger partial charge in [-0.05, 0) is 38.6 Å². The van der Waals surface area contributed by atoms with Gasteiger partial charge in [0.25, 0.3) is 0 Å². The van der Waals surface area contributed by atoms with Crippen LogP contribution in [0.3, 0.4) is 0 Å². The van der Waals surface area contributed by atoms with E-state index in [4.69, 9.17) is 0 Å². The minimum Gasteiger partial charge on any atom is -0.356 e. The average Bonchev–Trinajstić information content (AvgIpc) is 2.74. The average molecular weight is 325 g/mol. The molecule has 2 atom stereocenters. The minimum absolute atomic E-state index is 0.175. The van der Waals surface area contributed by atoms with Crippen LogP contribution < -0.4 is 5.32 Å². The minimum atomic E-state index is 0.175. The molecule has 134 valence electrons. The van der Waals surface area contributed by atoms with Gasteiger partial charge >= 0.3 is 0 Å². The van der Waals surface area contributed by atoms with Crippen molar-refractivity contribution < 1.29 is 9.59 Å². The number of hydrogen-bond donors (Lipinski definition) is 1. The first-order chi connectivity index (χ1) is 11.0. The third kappa shape index (κ3) is 7.34. The molecule has 0 radical (unpaired) electrons. The Morgan fingerprint density at radius 2 is 2.00 bits per heavy atom. The predicted octanol–water partition coefficient (Wildman–Crippen LogP) is 2.12. The highest BCUT2D eigenvalue weighted by Gasteiger charge is 2.21. The molecule has 0 aliphatic carbocycles. The van der Waals surface area contributed by atoms with Gasteiger partial charge in [-0.1, -0.05) is 20.3 Å². The highest BCUT2D eigenvalue weighted by atomic mass is 16.2. The molecular formula is C18H35N3O2. The van der Waals surface area contributed by atoms with Gasteiger partial charge in [-0.3, -0.25) is 9.59 Å². The van der Waals surface area contributed by atoms with E-state index in [9.17, 15) is 9.59 Å². The summed E-state index contributed by atoms with van der Waals surface area (Å²) in [5.74, 6) is 1.21. The normalized spacial score (nSPS) is 20.0. The van der Waals surface area contributed by atoms with Crippen LogP contribution in [0.2, 0.25) is 0 Å². The fourth-order valence-corrected chi connectivity index (χ4v) is 3.29. The second-order valence-corrected chi connectivity index (χ2v) is 6.96. The number of rotatable bonds is 9. The molecule has 23 heavy (non-hydrogen) atoms. The van der Waals surface area contributed by atoms with E-state index in [-0.39, 0.29) is 17.7 Å². The number of amides is 2. The molecule has 1 fully saturated rings. The van der Waals surface area contributed by atoms with E-state index in [1.54, 1.807) is 0 Å². The van der Waals surface area contributed by atoms with Gasteiger partial charge in [0, 0.05) is 45.6 Å². The van der Waals surface area contributed by atoms with Crippen LogP contribution in [0.4, 0.5) is 0 Å². The second-order valence-electron chi connectivity index (χ2n) is 6.96. The molecule has 5 heteroatoms. The largest absolute Gasteiger partial charge is 0.356 e. The number of hydrogen-bond acceptors (Lipinski definition) is 3. The molecule has 0 spiro atoms. The summed E-state index contributed by atoms with van der Waals surface area (Å²) in [5, 5.41) is 2.93.